The molecule has 5 aromatic rings. The standard InChI is InChI=1S/C27H27NO7S.C24H25NO7S.CH4/c1-5-6-26(31)36-16-25(30)35-15-17-7-9-21-20(11-17)18(14-28-21)8-10-22(29)19-12-23(32-2)27(34-4)24(13-19)33-3;1-5-7-23(28)33-15-22(27)32-14-18-9-6-8-17(25-18)10-11-19(26)16-12-20(29-2)24(31-4)21(13-16)30-3;/h5-14,28H,15-16H2,1-4H3;5-13H,14-15H2,1-4H3;1H4/b6-5+,10-8+;7-5+,11-10+;. The molecule has 1 N–H and O–H groups in total. The van der Waals surface area contributed by atoms with Crippen LogP contribution < -0.4 is 28.4 Å². The van der Waals surface area contributed by atoms with Gasteiger partial charge in [-0.3, -0.25) is 28.8 Å². The molecule has 2 heterocycles. The van der Waals surface area contributed by atoms with Gasteiger partial charge in [-0.25, -0.2) is 4.98 Å². The van der Waals surface area contributed by atoms with E-state index in [9.17, 15) is 28.8 Å². The highest BCUT2D eigenvalue weighted by atomic mass is 32.2. The molecule has 2 aromatic heterocycles. The third kappa shape index (κ3) is 16.9. The van der Waals surface area contributed by atoms with Crippen molar-refractivity contribution in [3.8, 4) is 34.5 Å². The lowest BCUT2D eigenvalue weighted by molar-refractivity contribution is -0.142. The predicted octanol–water partition coefficient (Wildman–Crippen LogP) is 9.49. The van der Waals surface area contributed by atoms with Crippen molar-refractivity contribution in [2.45, 2.75) is 34.5 Å². The quantitative estimate of drug-likeness (QED) is 0.0389. The molecule has 0 amide bonds. The third-order valence-corrected chi connectivity index (χ3v) is 11.0. The molecule has 0 unspecified atom stereocenters. The van der Waals surface area contributed by atoms with Crippen LogP contribution in [-0.2, 0) is 41.9 Å². The van der Waals surface area contributed by atoms with Crippen LogP contribution in [0.3, 0.4) is 0 Å². The molecule has 3 aromatic carbocycles. The highest BCUT2D eigenvalue weighted by molar-refractivity contribution is 8.14. The molecule has 0 atom stereocenters. The predicted molar refractivity (Wildman–Crippen MR) is 272 cm³/mol. The smallest absolute Gasteiger partial charge is 0.316 e. The zero-order chi connectivity index (χ0) is 50.3. The first-order valence-corrected chi connectivity index (χ1v) is 22.8. The van der Waals surface area contributed by atoms with Gasteiger partial charge in [0.1, 0.15) is 13.2 Å². The fourth-order valence-electron chi connectivity index (χ4n) is 6.08. The zero-order valence-electron chi connectivity index (χ0n) is 39.3. The molecule has 0 aliphatic rings. The van der Waals surface area contributed by atoms with Crippen molar-refractivity contribution < 1.29 is 66.7 Å². The van der Waals surface area contributed by atoms with Gasteiger partial charge in [0.2, 0.25) is 21.7 Å². The van der Waals surface area contributed by atoms with Gasteiger partial charge < -0.3 is 42.9 Å². The van der Waals surface area contributed by atoms with Crippen LogP contribution in [0.15, 0.2) is 103 Å². The van der Waals surface area contributed by atoms with Gasteiger partial charge in [-0.15, -0.1) is 0 Å². The van der Waals surface area contributed by atoms with E-state index >= 15 is 0 Å². The van der Waals surface area contributed by atoms with Gasteiger partial charge in [-0.05, 0) is 110 Å². The number of ether oxygens (including phenoxy) is 8. The number of benzene rings is 3. The number of H-pyrrole nitrogens is 1. The first kappa shape index (κ1) is 56.8. The van der Waals surface area contributed by atoms with Crippen molar-refractivity contribution in [2.24, 2.45) is 0 Å². The van der Waals surface area contributed by atoms with Crippen molar-refractivity contribution >= 4 is 80.3 Å². The maximum absolute atomic E-state index is 12.9. The highest BCUT2D eigenvalue weighted by Gasteiger charge is 2.18. The van der Waals surface area contributed by atoms with Crippen LogP contribution >= 0.6 is 23.5 Å². The largest absolute Gasteiger partial charge is 0.493 e. The molecule has 0 aliphatic carbocycles. The monoisotopic (exact) mass is 996 g/mol. The number of carbonyl (C=O) groups excluding carboxylic acids is 6. The number of nitrogens with zero attached hydrogens (tertiary/aromatic N) is 1. The van der Waals surface area contributed by atoms with E-state index in [0.29, 0.717) is 57.0 Å². The highest BCUT2D eigenvalue weighted by Crippen LogP contribution is 2.39. The zero-order valence-corrected chi connectivity index (χ0v) is 40.9. The molecule has 16 nitrogen and oxygen atoms in total. The number of pyridine rings is 1. The third-order valence-electron chi connectivity index (χ3n) is 9.38. The summed E-state index contributed by atoms with van der Waals surface area (Å²) in [5.41, 5.74) is 4.22. The second kappa shape index (κ2) is 29.3. The molecular formula is C52H56N2O14S2. The average Bonchev–Trinajstić information content (AvgIpc) is 3.78. The van der Waals surface area contributed by atoms with Crippen LogP contribution in [-0.4, -0.2) is 97.9 Å². The Kier molecular flexibility index (Phi) is 23.8. The topological polar surface area (TPSA) is 205 Å². The fourth-order valence-corrected chi connectivity index (χ4v) is 7.24. The molecule has 70 heavy (non-hydrogen) atoms. The normalized spacial score (nSPS) is 10.9. The summed E-state index contributed by atoms with van der Waals surface area (Å²) in [7, 11) is 8.92. The minimum Gasteiger partial charge on any atom is -0.493 e. The minimum absolute atomic E-state index is 0. The van der Waals surface area contributed by atoms with E-state index in [0.717, 1.165) is 45.6 Å². The number of hydrogen-bond acceptors (Lipinski definition) is 17. The van der Waals surface area contributed by atoms with Gasteiger partial charge in [-0.1, -0.05) is 55.2 Å². The van der Waals surface area contributed by atoms with E-state index < -0.39 is 11.9 Å². The van der Waals surface area contributed by atoms with E-state index in [-0.39, 0.29) is 53.9 Å². The molecule has 370 valence electrons. The summed E-state index contributed by atoms with van der Waals surface area (Å²) in [6.45, 7) is 3.49. The van der Waals surface area contributed by atoms with Gasteiger partial charge in [0.25, 0.3) is 0 Å². The first-order valence-electron chi connectivity index (χ1n) is 20.8. The second-order valence-corrected chi connectivity index (χ2v) is 15.9. The molecule has 0 radical (unpaired) electrons. The maximum atomic E-state index is 12.9. The van der Waals surface area contributed by atoms with Gasteiger partial charge in [0, 0.05) is 28.2 Å². The number of aromatic nitrogens is 2. The van der Waals surface area contributed by atoms with Crippen molar-refractivity contribution in [1.29, 1.82) is 0 Å². The number of thioether (sulfide) groups is 2. The summed E-state index contributed by atoms with van der Waals surface area (Å²) in [6.07, 6.45) is 13.9. The van der Waals surface area contributed by atoms with Crippen molar-refractivity contribution in [2.75, 3.05) is 54.2 Å². The maximum Gasteiger partial charge on any atom is 0.316 e. The molecule has 0 fully saturated rings. The van der Waals surface area contributed by atoms with Crippen LogP contribution in [0.5, 0.6) is 34.5 Å². The number of rotatable bonds is 22. The molecule has 0 saturated carbocycles. The molecule has 18 heteroatoms. The van der Waals surface area contributed by atoms with E-state index in [2.05, 4.69) is 9.97 Å². The first-order chi connectivity index (χ1) is 33.3. The van der Waals surface area contributed by atoms with Crippen LogP contribution in [0, 0.1) is 0 Å². The van der Waals surface area contributed by atoms with Gasteiger partial charge >= 0.3 is 11.9 Å². The SMILES string of the molecule is C.C/C=C/C(=O)SCC(=O)OCc1ccc2[nH]cc(/C=C/C(=O)c3cc(OC)c(OC)c(OC)c3)c2c1.C/C=C/C(=O)SCC(=O)OCc1cccc(/C=C/C(=O)c2cc(OC)c(OC)c(OC)c2)n1. The Balaban J connectivity index is 0.000000367. The lowest BCUT2D eigenvalue weighted by Crippen LogP contribution is -2.09. The number of methoxy groups -OCH3 is 6. The number of ketones is 2. The summed E-state index contributed by atoms with van der Waals surface area (Å²) in [6, 6.07) is 17.1. The number of esters is 2. The van der Waals surface area contributed by atoms with E-state index in [1.54, 1.807) is 86.8 Å². The summed E-state index contributed by atoms with van der Waals surface area (Å²) in [4.78, 5) is 79.7. The van der Waals surface area contributed by atoms with Crippen molar-refractivity contribution in [3.63, 3.8) is 0 Å². The summed E-state index contributed by atoms with van der Waals surface area (Å²) >= 11 is 1.76. The van der Waals surface area contributed by atoms with Crippen molar-refractivity contribution in [3.05, 3.63) is 137 Å². The minimum atomic E-state index is -0.516. The number of nitrogens with one attached hydrogen (secondary N) is 1. The summed E-state index contributed by atoms with van der Waals surface area (Å²) < 4.78 is 42.2. The Hall–Kier alpha value is -7.57. The lowest BCUT2D eigenvalue weighted by atomic mass is 10.1. The Morgan fingerprint density at radius 2 is 1.07 bits per heavy atom. The summed E-state index contributed by atoms with van der Waals surface area (Å²) in [5, 5.41) is 0.465. The van der Waals surface area contributed by atoms with Crippen LogP contribution in [0.4, 0.5) is 0 Å². The second-order valence-electron chi connectivity index (χ2n) is 13.9. The lowest BCUT2D eigenvalue weighted by Gasteiger charge is -2.13. The fraction of sp³-hybridized carbons (Fsp3) is 0.250. The molecular weight excluding hydrogens is 941 g/mol. The van der Waals surface area contributed by atoms with Crippen LogP contribution in [0.25, 0.3) is 23.1 Å². The van der Waals surface area contributed by atoms with Crippen molar-refractivity contribution in [1.82, 2.24) is 9.97 Å². The number of fused-ring (bicyclic) bond motifs is 1. The molecule has 0 aliphatic heterocycles. The number of aromatic amines is 1. The van der Waals surface area contributed by atoms with E-state index in [1.165, 1.54) is 67.0 Å². The number of hydrogen-bond donors (Lipinski definition) is 1. The number of allylic oxidation sites excluding steroid dienone is 4. The summed E-state index contributed by atoms with van der Waals surface area (Å²) in [5.74, 6) is 0.716. The Morgan fingerprint density at radius 3 is 1.54 bits per heavy atom. The van der Waals surface area contributed by atoms with Crippen LogP contribution in [0.1, 0.15) is 64.5 Å². The van der Waals surface area contributed by atoms with E-state index in [4.69, 9.17) is 37.9 Å². The van der Waals surface area contributed by atoms with Gasteiger partial charge in [-0.2, -0.15) is 0 Å². The van der Waals surface area contributed by atoms with Gasteiger partial charge in [0.05, 0.1) is 65.6 Å². The van der Waals surface area contributed by atoms with Crippen LogP contribution in [0.2, 0.25) is 0 Å². The number of carbonyl (C=O) groups is 6. The Bertz CT molecular complexity index is 2710. The molecule has 5 rings (SSSR count). The average molecular weight is 997 g/mol. The van der Waals surface area contributed by atoms with E-state index in [1.807, 2.05) is 18.2 Å². The molecule has 0 saturated heterocycles. The Labute approximate surface area is 415 Å². The van der Waals surface area contributed by atoms with Gasteiger partial charge in [0.15, 0.2) is 34.6 Å². The Morgan fingerprint density at radius 1 is 0.586 bits per heavy atom. The molecule has 0 bridgehead atoms. The molecule has 0 spiro atoms.